The van der Waals surface area contributed by atoms with E-state index in [9.17, 15) is 0 Å². The molecule has 0 radical (unpaired) electrons. The van der Waals surface area contributed by atoms with Gasteiger partial charge in [-0.05, 0) is 38.9 Å². The minimum atomic E-state index is 0.221. The predicted octanol–water partition coefficient (Wildman–Crippen LogP) is 2.81. The number of nitrogens with one attached hydrogen (secondary N) is 1. The summed E-state index contributed by atoms with van der Waals surface area (Å²) in [6, 6.07) is 4.62. The van der Waals surface area contributed by atoms with E-state index in [0.29, 0.717) is 6.04 Å². The summed E-state index contributed by atoms with van der Waals surface area (Å²) in [5.74, 6) is 2.02. The van der Waals surface area contributed by atoms with Crippen molar-refractivity contribution in [1.82, 2.24) is 10.2 Å². The van der Waals surface area contributed by atoms with Crippen LogP contribution in [-0.4, -0.2) is 44.3 Å². The van der Waals surface area contributed by atoms with Crippen molar-refractivity contribution in [3.8, 4) is 0 Å². The van der Waals surface area contributed by atoms with Gasteiger partial charge in [0.2, 0.25) is 0 Å². The molecule has 1 aromatic heterocycles. The summed E-state index contributed by atoms with van der Waals surface area (Å²) >= 11 is 0. The lowest BCUT2D eigenvalue weighted by molar-refractivity contribution is -0.0252. The molecule has 1 fully saturated rings. The molecule has 1 atom stereocenters. The maximum Gasteiger partial charge on any atom is 0.118 e. The molecular weight excluding hydrogens is 264 g/mol. The van der Waals surface area contributed by atoms with Gasteiger partial charge in [0.15, 0.2) is 0 Å². The van der Waals surface area contributed by atoms with Crippen LogP contribution in [0.25, 0.3) is 0 Å². The molecule has 0 amide bonds. The highest BCUT2D eigenvalue weighted by Gasteiger charge is 2.34. The molecule has 0 aliphatic carbocycles. The largest absolute Gasteiger partial charge is 0.465 e. The Morgan fingerprint density at radius 3 is 2.76 bits per heavy atom. The fourth-order valence-corrected chi connectivity index (χ4v) is 3.12. The number of furan rings is 1. The van der Waals surface area contributed by atoms with Crippen LogP contribution in [-0.2, 0) is 11.3 Å². The number of rotatable bonds is 7. The number of aryl methyl sites for hydroxylation is 1. The van der Waals surface area contributed by atoms with Crippen molar-refractivity contribution in [3.63, 3.8) is 0 Å². The molecule has 1 N–H and O–H groups in total. The van der Waals surface area contributed by atoms with E-state index < -0.39 is 0 Å². The first kappa shape index (κ1) is 16.5. The van der Waals surface area contributed by atoms with Gasteiger partial charge in [0.1, 0.15) is 11.5 Å². The van der Waals surface area contributed by atoms with Crippen LogP contribution < -0.4 is 5.32 Å². The Kier molecular flexibility index (Phi) is 5.85. The summed E-state index contributed by atoms with van der Waals surface area (Å²) in [6.45, 7) is 11.1. The minimum absolute atomic E-state index is 0.221. The average Bonchev–Trinajstić information content (AvgIpc) is 2.83. The second-order valence-electron chi connectivity index (χ2n) is 6.88. The summed E-state index contributed by atoms with van der Waals surface area (Å²) in [5, 5.41) is 3.60. The van der Waals surface area contributed by atoms with Crippen LogP contribution in [0.5, 0.6) is 0 Å². The molecule has 120 valence electrons. The molecule has 0 aromatic carbocycles. The van der Waals surface area contributed by atoms with Crippen molar-refractivity contribution in [2.45, 2.75) is 46.2 Å². The molecule has 0 bridgehead atoms. The number of hydrogen-bond donors (Lipinski definition) is 1. The lowest BCUT2D eigenvalue weighted by atomic mass is 9.81. The van der Waals surface area contributed by atoms with Gasteiger partial charge in [0, 0.05) is 31.2 Å². The van der Waals surface area contributed by atoms with Gasteiger partial charge in [-0.2, -0.15) is 0 Å². The minimum Gasteiger partial charge on any atom is -0.465 e. The second-order valence-corrected chi connectivity index (χ2v) is 6.88. The van der Waals surface area contributed by atoms with Crippen LogP contribution in [0.3, 0.4) is 0 Å². The van der Waals surface area contributed by atoms with Gasteiger partial charge < -0.3 is 14.5 Å². The zero-order valence-electron chi connectivity index (χ0n) is 13.9. The average molecular weight is 294 g/mol. The quantitative estimate of drug-likeness (QED) is 0.839. The van der Waals surface area contributed by atoms with E-state index in [0.717, 1.165) is 50.8 Å². The molecule has 0 saturated carbocycles. The first-order valence-corrected chi connectivity index (χ1v) is 8.04. The van der Waals surface area contributed by atoms with Crippen LogP contribution in [0.1, 0.15) is 38.2 Å². The van der Waals surface area contributed by atoms with Crippen LogP contribution in [0.4, 0.5) is 0 Å². The first-order valence-electron chi connectivity index (χ1n) is 8.04. The fourth-order valence-electron chi connectivity index (χ4n) is 3.12. The lowest BCUT2D eigenvalue weighted by Gasteiger charge is -2.40. The fraction of sp³-hybridized carbons (Fsp3) is 0.765. The Morgan fingerprint density at radius 2 is 2.19 bits per heavy atom. The lowest BCUT2D eigenvalue weighted by Crippen LogP contribution is -2.49. The highest BCUT2D eigenvalue weighted by Crippen LogP contribution is 2.29. The Labute approximate surface area is 128 Å². The van der Waals surface area contributed by atoms with E-state index in [4.69, 9.17) is 9.15 Å². The van der Waals surface area contributed by atoms with E-state index >= 15 is 0 Å². The normalized spacial score (nSPS) is 23.1. The van der Waals surface area contributed by atoms with Gasteiger partial charge in [-0.3, -0.25) is 4.90 Å². The number of ether oxygens (including phenoxy) is 1. The predicted molar refractivity (Wildman–Crippen MR) is 85.4 cm³/mol. The molecule has 1 aliphatic heterocycles. The molecule has 2 heterocycles. The monoisotopic (exact) mass is 294 g/mol. The topological polar surface area (TPSA) is 37.6 Å². The summed E-state index contributed by atoms with van der Waals surface area (Å²) in [5.41, 5.74) is 0.221. The maximum absolute atomic E-state index is 5.78. The highest BCUT2D eigenvalue weighted by molar-refractivity contribution is 5.05. The highest BCUT2D eigenvalue weighted by atomic mass is 16.5. The van der Waals surface area contributed by atoms with Crippen LogP contribution >= 0.6 is 0 Å². The molecular formula is C17H30N2O2. The third-order valence-electron chi connectivity index (χ3n) is 4.12. The summed E-state index contributed by atoms with van der Waals surface area (Å²) in [7, 11) is 2.17. The van der Waals surface area contributed by atoms with Crippen molar-refractivity contribution in [1.29, 1.82) is 0 Å². The van der Waals surface area contributed by atoms with Gasteiger partial charge in [-0.15, -0.1) is 0 Å². The molecule has 4 heteroatoms. The van der Waals surface area contributed by atoms with Crippen LogP contribution in [0.2, 0.25) is 0 Å². The maximum atomic E-state index is 5.78. The Hall–Kier alpha value is -0.840. The standard InChI is InChI=1S/C17H30N2O2/c1-14(2)18-11-17(8-5-9-20-13-17)12-19(4)10-16-7-6-15(3)21-16/h6-7,14,18H,5,8-13H2,1-4H3. The van der Waals surface area contributed by atoms with Gasteiger partial charge in [0.25, 0.3) is 0 Å². The van der Waals surface area contributed by atoms with Gasteiger partial charge >= 0.3 is 0 Å². The van der Waals surface area contributed by atoms with Crippen molar-refractivity contribution in [2.24, 2.45) is 5.41 Å². The number of nitrogens with zero attached hydrogens (tertiary/aromatic N) is 1. The molecule has 21 heavy (non-hydrogen) atoms. The molecule has 1 saturated heterocycles. The second kappa shape index (κ2) is 7.43. The van der Waals surface area contributed by atoms with E-state index in [2.05, 4.69) is 37.2 Å². The first-order chi connectivity index (χ1) is 9.99. The number of hydrogen-bond acceptors (Lipinski definition) is 4. The van der Waals surface area contributed by atoms with Gasteiger partial charge in [0.05, 0.1) is 13.2 Å². The van der Waals surface area contributed by atoms with E-state index in [1.165, 1.54) is 6.42 Å². The zero-order chi connectivity index (χ0) is 15.3. The summed E-state index contributed by atoms with van der Waals surface area (Å²) in [6.07, 6.45) is 2.39. The Bertz CT molecular complexity index is 422. The Morgan fingerprint density at radius 1 is 1.38 bits per heavy atom. The SMILES string of the molecule is Cc1ccc(CN(C)CC2(CNC(C)C)CCCOC2)o1. The van der Waals surface area contributed by atoms with Crippen molar-refractivity contribution >= 4 is 0 Å². The van der Waals surface area contributed by atoms with E-state index in [1.54, 1.807) is 0 Å². The van der Waals surface area contributed by atoms with Gasteiger partial charge in [-0.25, -0.2) is 0 Å². The summed E-state index contributed by atoms with van der Waals surface area (Å²) in [4.78, 5) is 2.36. The molecule has 1 aromatic rings. The zero-order valence-corrected chi connectivity index (χ0v) is 13.9. The smallest absolute Gasteiger partial charge is 0.118 e. The molecule has 2 rings (SSSR count). The molecule has 1 aliphatic rings. The summed E-state index contributed by atoms with van der Waals surface area (Å²) < 4.78 is 11.5. The van der Waals surface area contributed by atoms with Crippen LogP contribution in [0, 0.1) is 12.3 Å². The van der Waals surface area contributed by atoms with Crippen molar-refractivity contribution in [2.75, 3.05) is 33.4 Å². The molecule has 1 unspecified atom stereocenters. The molecule has 0 spiro atoms. The molecule has 4 nitrogen and oxygen atoms in total. The van der Waals surface area contributed by atoms with E-state index in [-0.39, 0.29) is 5.41 Å². The van der Waals surface area contributed by atoms with Crippen LogP contribution in [0.15, 0.2) is 16.5 Å². The van der Waals surface area contributed by atoms with E-state index in [1.807, 2.05) is 13.0 Å². The van der Waals surface area contributed by atoms with Gasteiger partial charge in [-0.1, -0.05) is 13.8 Å². The third-order valence-corrected chi connectivity index (χ3v) is 4.12. The van der Waals surface area contributed by atoms with Crippen molar-refractivity contribution in [3.05, 3.63) is 23.7 Å². The third kappa shape index (κ3) is 5.13. The Balaban J connectivity index is 1.93. The van der Waals surface area contributed by atoms with Crippen molar-refractivity contribution < 1.29 is 9.15 Å².